The molecule has 0 aliphatic carbocycles. The highest BCUT2D eigenvalue weighted by Gasteiger charge is 2.27. The number of rotatable bonds is 1. The van der Waals surface area contributed by atoms with E-state index >= 15 is 0 Å². The fraction of sp³-hybridized carbons (Fsp3) is 0.316. The van der Waals surface area contributed by atoms with Gasteiger partial charge in [0, 0.05) is 19.6 Å². The van der Waals surface area contributed by atoms with E-state index in [9.17, 15) is 4.79 Å². The van der Waals surface area contributed by atoms with Crippen LogP contribution in [-0.2, 0) is 4.79 Å². The van der Waals surface area contributed by atoms with Crippen molar-refractivity contribution in [2.45, 2.75) is 6.04 Å². The fourth-order valence-electron chi connectivity index (χ4n) is 3.30. The summed E-state index contributed by atoms with van der Waals surface area (Å²) in [4.78, 5) is 14.6. The van der Waals surface area contributed by atoms with Gasteiger partial charge < -0.3 is 15.4 Å². The zero-order valence-electron chi connectivity index (χ0n) is 13.5. The number of hydrogen-bond donors (Lipinski definition) is 2. The van der Waals surface area contributed by atoms with Gasteiger partial charge in [0.05, 0.1) is 18.3 Å². The molecular formula is C19H21N3O2. The lowest BCUT2D eigenvalue weighted by Gasteiger charge is -2.34. The van der Waals surface area contributed by atoms with Crippen molar-refractivity contribution in [1.29, 1.82) is 0 Å². The number of hydrogen-bond acceptors (Lipinski definition) is 4. The van der Waals surface area contributed by atoms with Gasteiger partial charge in [-0.1, -0.05) is 36.4 Å². The van der Waals surface area contributed by atoms with Gasteiger partial charge in [-0.3, -0.25) is 9.69 Å². The Balaban J connectivity index is 1.64. The topological polar surface area (TPSA) is 53.6 Å². The number of nitrogens with zero attached hydrogens (tertiary/aromatic N) is 1. The van der Waals surface area contributed by atoms with Gasteiger partial charge in [-0.25, -0.2) is 0 Å². The first-order valence-electron chi connectivity index (χ1n) is 8.36. The van der Waals surface area contributed by atoms with E-state index in [0.29, 0.717) is 13.2 Å². The summed E-state index contributed by atoms with van der Waals surface area (Å²) in [5.41, 5.74) is 2.93. The predicted molar refractivity (Wildman–Crippen MR) is 94.2 cm³/mol. The van der Waals surface area contributed by atoms with Crippen molar-refractivity contribution < 1.29 is 9.53 Å². The molecule has 2 aromatic rings. The van der Waals surface area contributed by atoms with Gasteiger partial charge in [-0.05, 0) is 23.3 Å². The third kappa shape index (κ3) is 3.13. The second-order valence-electron chi connectivity index (χ2n) is 6.26. The van der Waals surface area contributed by atoms with Crippen LogP contribution in [0.4, 0.5) is 5.69 Å². The first kappa shape index (κ1) is 15.2. The molecule has 0 saturated carbocycles. The molecule has 2 aliphatic heterocycles. The summed E-state index contributed by atoms with van der Waals surface area (Å²) in [6.45, 7) is 3.62. The number of carbonyl (C=O) groups is 1. The van der Waals surface area contributed by atoms with Crippen LogP contribution in [0.1, 0.15) is 0 Å². The summed E-state index contributed by atoms with van der Waals surface area (Å²) in [6.07, 6.45) is 0. The molecule has 1 fully saturated rings. The predicted octanol–water partition coefficient (Wildman–Crippen LogP) is 1.96. The Morgan fingerprint density at radius 1 is 1.08 bits per heavy atom. The van der Waals surface area contributed by atoms with Crippen LogP contribution in [0, 0.1) is 0 Å². The largest absolute Gasteiger partial charge is 0.490 e. The molecule has 2 heterocycles. The van der Waals surface area contributed by atoms with Gasteiger partial charge in [0.1, 0.15) is 12.4 Å². The van der Waals surface area contributed by atoms with Crippen molar-refractivity contribution >= 4 is 11.6 Å². The molecule has 0 radical (unpaired) electrons. The normalized spacial score (nSPS) is 21.3. The summed E-state index contributed by atoms with van der Waals surface area (Å²) in [5, 5.41) is 6.39. The molecule has 2 N–H and O–H groups in total. The molecule has 1 atom stereocenters. The highest BCUT2D eigenvalue weighted by molar-refractivity contribution is 5.94. The van der Waals surface area contributed by atoms with Gasteiger partial charge in [-0.2, -0.15) is 0 Å². The van der Waals surface area contributed by atoms with Gasteiger partial charge >= 0.3 is 0 Å². The van der Waals surface area contributed by atoms with E-state index in [1.54, 1.807) is 0 Å². The number of ether oxygens (including phenoxy) is 1. The average molecular weight is 323 g/mol. The SMILES string of the molecule is O=C1CN2CCNC[C@H]2COc2ccc(-c3ccccc3)cc2N1. The Kier molecular flexibility index (Phi) is 4.19. The molecule has 24 heavy (non-hydrogen) atoms. The quantitative estimate of drug-likeness (QED) is 0.842. The minimum atomic E-state index is 0.0128. The zero-order valence-corrected chi connectivity index (χ0v) is 13.5. The van der Waals surface area contributed by atoms with Crippen LogP contribution in [0.2, 0.25) is 0 Å². The summed E-state index contributed by atoms with van der Waals surface area (Å²) in [5.74, 6) is 0.745. The van der Waals surface area contributed by atoms with Crippen molar-refractivity contribution in [3.8, 4) is 16.9 Å². The third-order valence-electron chi connectivity index (χ3n) is 4.61. The number of nitrogens with one attached hydrogen (secondary N) is 2. The monoisotopic (exact) mass is 323 g/mol. The lowest BCUT2D eigenvalue weighted by atomic mass is 10.0. The molecule has 1 saturated heterocycles. The fourth-order valence-corrected chi connectivity index (χ4v) is 3.30. The minimum Gasteiger partial charge on any atom is -0.490 e. The van der Waals surface area contributed by atoms with Gasteiger partial charge in [0.15, 0.2) is 0 Å². The van der Waals surface area contributed by atoms with Crippen LogP contribution in [0.5, 0.6) is 5.75 Å². The van der Waals surface area contributed by atoms with E-state index in [1.165, 1.54) is 0 Å². The summed E-state index contributed by atoms with van der Waals surface area (Å²) in [7, 11) is 0. The highest BCUT2D eigenvalue weighted by atomic mass is 16.5. The maximum Gasteiger partial charge on any atom is 0.238 e. The lowest BCUT2D eigenvalue weighted by molar-refractivity contribution is -0.118. The number of benzene rings is 2. The number of piperazine rings is 1. The molecule has 124 valence electrons. The Bertz CT molecular complexity index is 733. The average Bonchev–Trinajstić information content (AvgIpc) is 2.68. The standard InChI is InChI=1S/C19H21N3O2/c23-19-12-22-9-8-20-11-16(22)13-24-18-7-6-15(10-17(18)21-19)14-4-2-1-3-5-14/h1-7,10,16,20H,8-9,11-13H2,(H,21,23)/t16-/m0/s1. The first-order valence-corrected chi connectivity index (χ1v) is 8.36. The molecule has 0 spiro atoms. The van der Waals surface area contributed by atoms with Crippen LogP contribution in [-0.4, -0.2) is 49.6 Å². The van der Waals surface area contributed by atoms with Crippen LogP contribution < -0.4 is 15.4 Å². The van der Waals surface area contributed by atoms with Crippen molar-refractivity contribution in [3.63, 3.8) is 0 Å². The molecular weight excluding hydrogens is 302 g/mol. The van der Waals surface area contributed by atoms with E-state index in [-0.39, 0.29) is 11.9 Å². The van der Waals surface area contributed by atoms with E-state index in [1.807, 2.05) is 36.4 Å². The Hall–Kier alpha value is -2.37. The van der Waals surface area contributed by atoms with E-state index < -0.39 is 0 Å². The van der Waals surface area contributed by atoms with Gasteiger partial charge in [0.2, 0.25) is 5.91 Å². The molecule has 2 aromatic carbocycles. The zero-order chi connectivity index (χ0) is 16.4. The maximum absolute atomic E-state index is 12.4. The highest BCUT2D eigenvalue weighted by Crippen LogP contribution is 2.31. The Morgan fingerprint density at radius 2 is 1.96 bits per heavy atom. The molecule has 0 unspecified atom stereocenters. The van der Waals surface area contributed by atoms with Gasteiger partial charge in [0.25, 0.3) is 0 Å². The van der Waals surface area contributed by atoms with E-state index in [0.717, 1.165) is 42.2 Å². The molecule has 2 aliphatic rings. The number of fused-ring (bicyclic) bond motifs is 2. The van der Waals surface area contributed by atoms with E-state index in [2.05, 4.69) is 27.7 Å². The van der Waals surface area contributed by atoms with Crippen molar-refractivity contribution in [2.75, 3.05) is 38.1 Å². The molecule has 5 heteroatoms. The summed E-state index contributed by atoms with van der Waals surface area (Å²) >= 11 is 0. The first-order chi connectivity index (χ1) is 11.8. The van der Waals surface area contributed by atoms with E-state index in [4.69, 9.17) is 4.74 Å². The molecule has 0 aromatic heterocycles. The van der Waals surface area contributed by atoms with Crippen LogP contribution >= 0.6 is 0 Å². The van der Waals surface area contributed by atoms with Crippen molar-refractivity contribution in [3.05, 3.63) is 48.5 Å². The minimum absolute atomic E-state index is 0.0128. The summed E-state index contributed by atoms with van der Waals surface area (Å²) < 4.78 is 6.02. The lowest BCUT2D eigenvalue weighted by Crippen LogP contribution is -2.55. The van der Waals surface area contributed by atoms with Crippen LogP contribution in [0.3, 0.4) is 0 Å². The smallest absolute Gasteiger partial charge is 0.238 e. The third-order valence-corrected chi connectivity index (χ3v) is 4.61. The van der Waals surface area contributed by atoms with Gasteiger partial charge in [-0.15, -0.1) is 0 Å². The summed E-state index contributed by atoms with van der Waals surface area (Å²) in [6, 6.07) is 16.3. The number of carbonyl (C=O) groups excluding carboxylic acids is 1. The Labute approximate surface area is 141 Å². The second kappa shape index (κ2) is 6.63. The molecule has 1 amide bonds. The van der Waals surface area contributed by atoms with Crippen LogP contribution in [0.25, 0.3) is 11.1 Å². The molecule has 0 bridgehead atoms. The maximum atomic E-state index is 12.4. The Morgan fingerprint density at radius 3 is 2.83 bits per heavy atom. The second-order valence-corrected chi connectivity index (χ2v) is 6.26. The molecule has 5 nitrogen and oxygen atoms in total. The van der Waals surface area contributed by atoms with Crippen molar-refractivity contribution in [2.24, 2.45) is 0 Å². The number of anilines is 1. The van der Waals surface area contributed by atoms with Crippen LogP contribution in [0.15, 0.2) is 48.5 Å². The van der Waals surface area contributed by atoms with Crippen molar-refractivity contribution in [1.82, 2.24) is 10.2 Å². The molecule has 4 rings (SSSR count). The number of amides is 1.